The van der Waals surface area contributed by atoms with Gasteiger partial charge in [0.2, 0.25) is 5.91 Å². The predicted molar refractivity (Wildman–Crippen MR) is 122 cm³/mol. The minimum Gasteiger partial charge on any atom is -0.457 e. The molecule has 8 nitrogen and oxygen atoms in total. The van der Waals surface area contributed by atoms with E-state index < -0.39 is 6.09 Å². The van der Waals surface area contributed by atoms with Gasteiger partial charge in [-0.3, -0.25) is 4.79 Å². The van der Waals surface area contributed by atoms with Gasteiger partial charge in [-0.1, -0.05) is 30.3 Å². The number of carbonyl (C=O) groups is 2. The Kier molecular flexibility index (Phi) is 6.22. The van der Waals surface area contributed by atoms with Crippen molar-refractivity contribution < 1.29 is 19.1 Å². The fourth-order valence-corrected chi connectivity index (χ4v) is 3.07. The van der Waals surface area contributed by atoms with Gasteiger partial charge in [-0.05, 0) is 54.1 Å². The average molecular weight is 430 g/mol. The second kappa shape index (κ2) is 9.57. The predicted octanol–water partition coefficient (Wildman–Crippen LogP) is 4.41. The van der Waals surface area contributed by atoms with Crippen molar-refractivity contribution in [3.63, 3.8) is 0 Å². The lowest BCUT2D eigenvalue weighted by Crippen LogP contribution is -2.33. The molecule has 2 amide bonds. The third-order valence-electron chi connectivity index (χ3n) is 4.59. The molecule has 0 spiro atoms. The maximum Gasteiger partial charge on any atom is 0.407 e. The number of H-pyrrole nitrogens is 1. The summed E-state index contributed by atoms with van der Waals surface area (Å²) in [5.74, 6) is 1.52. The van der Waals surface area contributed by atoms with Crippen LogP contribution in [0.25, 0.3) is 10.9 Å². The van der Waals surface area contributed by atoms with Gasteiger partial charge in [0, 0.05) is 16.6 Å². The largest absolute Gasteiger partial charge is 0.457 e. The molecule has 3 aromatic carbocycles. The second-order valence-corrected chi connectivity index (χ2v) is 7.06. The first kappa shape index (κ1) is 20.8. The number of ether oxygens (including phenoxy) is 2. The lowest BCUT2D eigenvalue weighted by molar-refractivity contribution is -0.115. The zero-order valence-corrected chi connectivity index (χ0v) is 17.1. The topological polar surface area (TPSA) is 118 Å². The molecule has 5 N–H and O–H groups in total. The van der Waals surface area contributed by atoms with Crippen molar-refractivity contribution in [2.24, 2.45) is 0 Å². The fourth-order valence-electron chi connectivity index (χ4n) is 3.07. The van der Waals surface area contributed by atoms with Crippen LogP contribution in [0.15, 0.2) is 78.9 Å². The molecule has 0 fully saturated rings. The van der Waals surface area contributed by atoms with Crippen molar-refractivity contribution in [2.75, 3.05) is 17.6 Å². The summed E-state index contributed by atoms with van der Waals surface area (Å²) in [6.07, 6.45) is -0.658. The number of hydrogen-bond acceptors (Lipinski definition) is 5. The zero-order valence-electron chi connectivity index (χ0n) is 17.1. The second-order valence-electron chi connectivity index (χ2n) is 7.06. The van der Waals surface area contributed by atoms with Crippen LogP contribution in [0, 0.1) is 0 Å². The Balaban J connectivity index is 1.23. The summed E-state index contributed by atoms with van der Waals surface area (Å²) in [5.41, 5.74) is 8.15. The molecular formula is C24H22N4O4. The van der Waals surface area contributed by atoms with Crippen molar-refractivity contribution in [2.45, 2.75) is 6.61 Å². The monoisotopic (exact) mass is 430 g/mol. The standard InChI is InChI=1S/C24H22N4O4/c25-22-13-17-12-20(10-11-21(17)28-22)32-19-8-6-18(7-9-19)27-23(29)14-26-24(30)31-15-16-4-2-1-3-5-16/h1-13,28H,14-15,25H2,(H,26,30)(H,27,29). The van der Waals surface area contributed by atoms with Gasteiger partial charge in [0.1, 0.15) is 30.5 Å². The number of anilines is 2. The van der Waals surface area contributed by atoms with Crippen LogP contribution in [-0.4, -0.2) is 23.5 Å². The molecule has 0 atom stereocenters. The number of nitrogens with one attached hydrogen (secondary N) is 3. The van der Waals surface area contributed by atoms with E-state index in [0.717, 1.165) is 16.5 Å². The number of hydrogen-bond donors (Lipinski definition) is 4. The van der Waals surface area contributed by atoms with Crippen LogP contribution in [0.1, 0.15) is 5.56 Å². The summed E-state index contributed by atoms with van der Waals surface area (Å²) in [7, 11) is 0. The first-order valence-corrected chi connectivity index (χ1v) is 9.96. The molecule has 8 heteroatoms. The van der Waals surface area contributed by atoms with E-state index in [4.69, 9.17) is 15.2 Å². The molecule has 0 aliphatic heterocycles. The Morgan fingerprint density at radius 3 is 2.44 bits per heavy atom. The molecule has 0 aliphatic rings. The summed E-state index contributed by atoms with van der Waals surface area (Å²) in [5, 5.41) is 6.09. The molecule has 0 saturated heterocycles. The first-order valence-electron chi connectivity index (χ1n) is 9.96. The van der Waals surface area contributed by atoms with E-state index in [2.05, 4.69) is 15.6 Å². The Hall–Kier alpha value is -4.46. The molecular weight excluding hydrogens is 408 g/mol. The van der Waals surface area contributed by atoms with E-state index in [1.165, 1.54) is 0 Å². The van der Waals surface area contributed by atoms with Crippen LogP contribution in [0.5, 0.6) is 11.5 Å². The Morgan fingerprint density at radius 2 is 1.66 bits per heavy atom. The SMILES string of the molecule is Nc1cc2cc(Oc3ccc(NC(=O)CNC(=O)OCc4ccccc4)cc3)ccc2[nH]1. The molecule has 0 radical (unpaired) electrons. The van der Waals surface area contributed by atoms with E-state index in [1.54, 1.807) is 24.3 Å². The van der Waals surface area contributed by atoms with Crippen LogP contribution >= 0.6 is 0 Å². The maximum absolute atomic E-state index is 12.1. The Labute approximate surface area is 184 Å². The lowest BCUT2D eigenvalue weighted by Gasteiger charge is -2.09. The normalized spacial score (nSPS) is 10.5. The summed E-state index contributed by atoms with van der Waals surface area (Å²) in [4.78, 5) is 26.9. The summed E-state index contributed by atoms with van der Waals surface area (Å²) in [6.45, 7) is -0.0636. The summed E-state index contributed by atoms with van der Waals surface area (Å²) < 4.78 is 10.9. The zero-order chi connectivity index (χ0) is 22.3. The highest BCUT2D eigenvalue weighted by molar-refractivity contribution is 5.93. The van der Waals surface area contributed by atoms with Crippen LogP contribution < -0.4 is 21.1 Å². The number of aromatic amines is 1. The highest BCUT2D eigenvalue weighted by Crippen LogP contribution is 2.27. The van der Waals surface area contributed by atoms with Crippen LogP contribution in [0.2, 0.25) is 0 Å². The smallest absolute Gasteiger partial charge is 0.407 e. The molecule has 4 rings (SSSR count). The highest BCUT2D eigenvalue weighted by Gasteiger charge is 2.08. The third kappa shape index (κ3) is 5.57. The van der Waals surface area contributed by atoms with Crippen LogP contribution in [0.3, 0.4) is 0 Å². The number of amides is 2. The number of fused-ring (bicyclic) bond motifs is 1. The van der Waals surface area contributed by atoms with Gasteiger partial charge in [0.05, 0.1) is 0 Å². The molecule has 0 aliphatic carbocycles. The van der Waals surface area contributed by atoms with Crippen LogP contribution in [-0.2, 0) is 16.1 Å². The summed E-state index contributed by atoms with van der Waals surface area (Å²) in [6, 6.07) is 23.7. The van der Waals surface area contributed by atoms with Gasteiger partial charge in [-0.15, -0.1) is 0 Å². The number of nitrogen functional groups attached to an aromatic ring is 1. The van der Waals surface area contributed by atoms with Gasteiger partial charge in [0.15, 0.2) is 0 Å². The minimum atomic E-state index is -0.658. The molecule has 0 unspecified atom stereocenters. The number of carbonyl (C=O) groups excluding carboxylic acids is 2. The van der Waals surface area contributed by atoms with Crippen molar-refractivity contribution in [3.8, 4) is 11.5 Å². The van der Waals surface area contributed by atoms with Gasteiger partial charge in [-0.25, -0.2) is 4.79 Å². The van der Waals surface area contributed by atoms with Crippen molar-refractivity contribution in [1.29, 1.82) is 0 Å². The lowest BCUT2D eigenvalue weighted by atomic mass is 10.2. The van der Waals surface area contributed by atoms with Crippen molar-refractivity contribution >= 4 is 34.4 Å². The average Bonchev–Trinajstić information content (AvgIpc) is 3.17. The Bertz CT molecular complexity index is 1220. The summed E-state index contributed by atoms with van der Waals surface area (Å²) >= 11 is 0. The molecule has 0 bridgehead atoms. The molecule has 162 valence electrons. The fraction of sp³-hybridized carbons (Fsp3) is 0.0833. The van der Waals surface area contributed by atoms with Gasteiger partial charge in [0.25, 0.3) is 0 Å². The van der Waals surface area contributed by atoms with Crippen molar-refractivity contribution in [3.05, 3.63) is 84.4 Å². The van der Waals surface area contributed by atoms with Gasteiger partial charge >= 0.3 is 6.09 Å². The number of rotatable bonds is 7. The number of aromatic nitrogens is 1. The van der Waals surface area contributed by atoms with E-state index in [1.807, 2.05) is 54.6 Å². The molecule has 4 aromatic rings. The quantitative estimate of drug-likeness (QED) is 0.346. The van der Waals surface area contributed by atoms with Crippen molar-refractivity contribution in [1.82, 2.24) is 10.3 Å². The van der Waals surface area contributed by atoms with Gasteiger partial charge < -0.3 is 30.8 Å². The van der Waals surface area contributed by atoms with Gasteiger partial charge in [-0.2, -0.15) is 0 Å². The van der Waals surface area contributed by atoms with E-state index >= 15 is 0 Å². The maximum atomic E-state index is 12.1. The first-order chi connectivity index (χ1) is 15.5. The van der Waals surface area contributed by atoms with E-state index in [0.29, 0.717) is 23.0 Å². The minimum absolute atomic E-state index is 0.139. The molecule has 0 saturated carbocycles. The molecule has 1 heterocycles. The van der Waals surface area contributed by atoms with E-state index in [-0.39, 0.29) is 19.1 Å². The Morgan fingerprint density at radius 1 is 0.906 bits per heavy atom. The number of nitrogens with two attached hydrogens (primary N) is 1. The highest BCUT2D eigenvalue weighted by atomic mass is 16.5. The number of alkyl carbamates (subject to hydrolysis) is 1. The van der Waals surface area contributed by atoms with E-state index in [9.17, 15) is 9.59 Å². The molecule has 32 heavy (non-hydrogen) atoms. The van der Waals surface area contributed by atoms with Crippen LogP contribution in [0.4, 0.5) is 16.3 Å². The molecule has 1 aromatic heterocycles. The number of benzene rings is 3. The third-order valence-corrected chi connectivity index (χ3v) is 4.59.